The first kappa shape index (κ1) is 7.37. The maximum Gasteiger partial charge on any atom is 0.0969 e. The molecule has 0 atom stereocenters. The van der Waals surface area contributed by atoms with Crippen LogP contribution < -0.4 is 5.32 Å². The number of nitrogens with zero attached hydrogens (tertiary/aromatic N) is 2. The van der Waals surface area contributed by atoms with E-state index in [0.717, 1.165) is 0 Å². The molecule has 1 aliphatic rings. The zero-order chi connectivity index (χ0) is 8.27. The summed E-state index contributed by atoms with van der Waals surface area (Å²) in [5.74, 6) is -0.0637. The lowest BCUT2D eigenvalue weighted by molar-refractivity contribution is 0.809. The summed E-state index contributed by atoms with van der Waals surface area (Å²) in [7, 11) is 0. The molecule has 54 valence electrons. The van der Waals surface area contributed by atoms with E-state index in [1.165, 1.54) is 0 Å². The summed E-state index contributed by atoms with van der Waals surface area (Å²) in [6.07, 6.45) is 3.23. The lowest BCUT2D eigenvalue weighted by Crippen LogP contribution is -2.12. The van der Waals surface area contributed by atoms with Crippen LogP contribution in [0.25, 0.3) is 0 Å². The van der Waals surface area contributed by atoms with Gasteiger partial charge in [-0.05, 0) is 0 Å². The highest BCUT2D eigenvalue weighted by atomic mass is 14.8. The first-order chi connectivity index (χ1) is 5.29. The predicted molar refractivity (Wildman–Crippen MR) is 39.7 cm³/mol. The van der Waals surface area contributed by atoms with E-state index in [2.05, 4.69) is 5.32 Å². The van der Waals surface area contributed by atoms with Gasteiger partial charge in [-0.3, -0.25) is 0 Å². The Morgan fingerprint density at radius 3 is 2.09 bits per heavy atom. The van der Waals surface area contributed by atoms with Gasteiger partial charge in [-0.15, -0.1) is 0 Å². The van der Waals surface area contributed by atoms with Crippen molar-refractivity contribution in [3.05, 3.63) is 23.5 Å². The van der Waals surface area contributed by atoms with Gasteiger partial charge in [-0.2, -0.15) is 10.5 Å². The van der Waals surface area contributed by atoms with Crippen molar-refractivity contribution in [2.75, 3.05) is 0 Å². The Morgan fingerprint density at radius 2 is 1.73 bits per heavy atom. The summed E-state index contributed by atoms with van der Waals surface area (Å²) in [4.78, 5) is 0. The number of hydrogen-bond acceptors (Lipinski definition) is 3. The summed E-state index contributed by atoms with van der Waals surface area (Å²) in [6.45, 7) is 1.84. The van der Waals surface area contributed by atoms with E-state index in [4.69, 9.17) is 10.5 Å². The Kier molecular flexibility index (Phi) is 1.94. The fourth-order valence-corrected chi connectivity index (χ4v) is 0.897. The number of allylic oxidation sites excluding steroid dienone is 2. The van der Waals surface area contributed by atoms with Crippen molar-refractivity contribution in [2.45, 2.75) is 6.92 Å². The average Bonchev–Trinajstić information content (AvgIpc) is 2.05. The molecule has 0 aliphatic carbocycles. The normalized spacial score (nSPS) is 17.0. The van der Waals surface area contributed by atoms with E-state index < -0.39 is 0 Å². The number of dihydropyridines is 1. The number of rotatable bonds is 0. The standard InChI is InChI=1S/C8H7N3/c1-6-7(2-9)4-11-5-8(6)3-10/h4-6,11H,1H3. The summed E-state index contributed by atoms with van der Waals surface area (Å²) < 4.78 is 0. The topological polar surface area (TPSA) is 59.6 Å². The van der Waals surface area contributed by atoms with Crippen molar-refractivity contribution >= 4 is 0 Å². The Hall–Kier alpha value is -1.74. The second-order valence-corrected chi connectivity index (χ2v) is 2.31. The van der Waals surface area contributed by atoms with Crippen molar-refractivity contribution in [3.8, 4) is 12.1 Å². The van der Waals surface area contributed by atoms with Crippen LogP contribution in [-0.2, 0) is 0 Å². The second kappa shape index (κ2) is 2.90. The third-order valence-corrected chi connectivity index (χ3v) is 1.67. The lowest BCUT2D eigenvalue weighted by atomic mass is 9.94. The van der Waals surface area contributed by atoms with E-state index in [1.54, 1.807) is 12.4 Å². The third kappa shape index (κ3) is 1.22. The summed E-state index contributed by atoms with van der Waals surface area (Å²) in [5.41, 5.74) is 1.20. The third-order valence-electron chi connectivity index (χ3n) is 1.67. The van der Waals surface area contributed by atoms with Gasteiger partial charge in [0.25, 0.3) is 0 Å². The number of hydrogen-bond donors (Lipinski definition) is 1. The van der Waals surface area contributed by atoms with Crippen molar-refractivity contribution in [1.82, 2.24) is 5.32 Å². The molecule has 0 radical (unpaired) electrons. The molecule has 1 rings (SSSR count). The van der Waals surface area contributed by atoms with Crippen LogP contribution in [0.1, 0.15) is 6.92 Å². The van der Waals surface area contributed by atoms with Crippen LogP contribution in [0.4, 0.5) is 0 Å². The zero-order valence-electron chi connectivity index (χ0n) is 6.13. The monoisotopic (exact) mass is 145 g/mol. The van der Waals surface area contributed by atoms with Gasteiger partial charge in [0, 0.05) is 18.3 Å². The summed E-state index contributed by atoms with van der Waals surface area (Å²) in [6, 6.07) is 4.05. The van der Waals surface area contributed by atoms with Gasteiger partial charge in [0.1, 0.15) is 0 Å². The highest BCUT2D eigenvalue weighted by Crippen LogP contribution is 2.20. The summed E-state index contributed by atoms with van der Waals surface area (Å²) >= 11 is 0. The molecule has 1 heterocycles. The van der Waals surface area contributed by atoms with Crippen LogP contribution in [0.5, 0.6) is 0 Å². The zero-order valence-corrected chi connectivity index (χ0v) is 6.13. The van der Waals surface area contributed by atoms with Gasteiger partial charge in [0.2, 0.25) is 0 Å². The quantitative estimate of drug-likeness (QED) is 0.554. The highest BCUT2D eigenvalue weighted by molar-refractivity contribution is 5.39. The Labute approximate surface area is 65.2 Å². The van der Waals surface area contributed by atoms with Crippen LogP contribution in [0.15, 0.2) is 23.5 Å². The van der Waals surface area contributed by atoms with Crippen LogP contribution in [0, 0.1) is 28.6 Å². The van der Waals surface area contributed by atoms with Crippen molar-refractivity contribution in [3.63, 3.8) is 0 Å². The lowest BCUT2D eigenvalue weighted by Gasteiger charge is -2.13. The van der Waals surface area contributed by atoms with Crippen LogP contribution in [0.2, 0.25) is 0 Å². The molecule has 11 heavy (non-hydrogen) atoms. The molecule has 3 heteroatoms. The first-order valence-electron chi connectivity index (χ1n) is 3.26. The fraction of sp³-hybridized carbons (Fsp3) is 0.250. The minimum absolute atomic E-state index is 0.0637. The van der Waals surface area contributed by atoms with E-state index >= 15 is 0 Å². The van der Waals surface area contributed by atoms with Gasteiger partial charge in [-0.1, -0.05) is 6.92 Å². The van der Waals surface area contributed by atoms with E-state index in [1.807, 2.05) is 19.1 Å². The largest absolute Gasteiger partial charge is 0.366 e. The van der Waals surface area contributed by atoms with Crippen molar-refractivity contribution < 1.29 is 0 Å². The molecule has 0 unspecified atom stereocenters. The Balaban J connectivity index is 2.90. The molecular weight excluding hydrogens is 138 g/mol. The smallest absolute Gasteiger partial charge is 0.0969 e. The molecule has 1 N–H and O–H groups in total. The van der Waals surface area contributed by atoms with E-state index in [0.29, 0.717) is 11.1 Å². The van der Waals surface area contributed by atoms with Crippen molar-refractivity contribution in [2.24, 2.45) is 5.92 Å². The molecule has 0 aromatic carbocycles. The molecule has 0 aromatic rings. The van der Waals surface area contributed by atoms with Crippen molar-refractivity contribution in [1.29, 1.82) is 10.5 Å². The van der Waals surface area contributed by atoms with Gasteiger partial charge in [0.15, 0.2) is 0 Å². The average molecular weight is 145 g/mol. The van der Waals surface area contributed by atoms with Gasteiger partial charge in [0.05, 0.1) is 23.3 Å². The fourth-order valence-electron chi connectivity index (χ4n) is 0.897. The molecule has 0 fully saturated rings. The van der Waals surface area contributed by atoms with Crippen LogP contribution in [0.3, 0.4) is 0 Å². The second-order valence-electron chi connectivity index (χ2n) is 2.31. The molecule has 0 saturated carbocycles. The molecule has 3 nitrogen and oxygen atoms in total. The number of nitrogens with one attached hydrogen (secondary N) is 1. The minimum Gasteiger partial charge on any atom is -0.366 e. The molecular formula is C8H7N3. The predicted octanol–water partition coefficient (Wildman–Crippen LogP) is 1.04. The molecule has 0 bridgehead atoms. The maximum atomic E-state index is 8.58. The molecule has 0 aromatic heterocycles. The van der Waals surface area contributed by atoms with E-state index in [-0.39, 0.29) is 5.92 Å². The maximum absolute atomic E-state index is 8.58. The Bertz CT molecular complexity index is 268. The minimum atomic E-state index is -0.0637. The molecule has 0 spiro atoms. The van der Waals surface area contributed by atoms with E-state index in [9.17, 15) is 0 Å². The van der Waals surface area contributed by atoms with Crippen LogP contribution in [-0.4, -0.2) is 0 Å². The molecule has 0 amide bonds. The SMILES string of the molecule is CC1C(C#N)=CNC=C1C#N. The first-order valence-corrected chi connectivity index (χ1v) is 3.26. The van der Waals surface area contributed by atoms with Gasteiger partial charge >= 0.3 is 0 Å². The summed E-state index contributed by atoms with van der Waals surface area (Å²) in [5, 5.41) is 19.9. The Morgan fingerprint density at radius 1 is 1.27 bits per heavy atom. The van der Waals surface area contributed by atoms with Gasteiger partial charge in [-0.25, -0.2) is 0 Å². The molecule has 0 saturated heterocycles. The number of nitriles is 2. The van der Waals surface area contributed by atoms with Crippen LogP contribution >= 0.6 is 0 Å². The molecule has 1 aliphatic heterocycles. The van der Waals surface area contributed by atoms with Gasteiger partial charge < -0.3 is 5.32 Å². The highest BCUT2D eigenvalue weighted by Gasteiger charge is 2.16.